The number of methoxy groups -OCH3 is 3. The lowest BCUT2D eigenvalue weighted by molar-refractivity contribution is -0.277. The number of rotatable bonds is 9. The molecular weight excluding hydrogens is 612 g/mol. The van der Waals surface area contributed by atoms with Gasteiger partial charge in [0.15, 0.2) is 23.0 Å². The Hall–Kier alpha value is -5.22. The summed E-state index contributed by atoms with van der Waals surface area (Å²) in [5, 5.41) is 62.2. The number of esters is 1. The molecule has 2 heterocycles. The highest BCUT2D eigenvalue weighted by Gasteiger charge is 2.46. The summed E-state index contributed by atoms with van der Waals surface area (Å²) >= 11 is 0. The number of phenols is 3. The molecule has 1 aliphatic heterocycles. The van der Waals surface area contributed by atoms with Gasteiger partial charge in [-0.1, -0.05) is 0 Å². The second kappa shape index (κ2) is 13.0. The van der Waals surface area contributed by atoms with Gasteiger partial charge in [-0.2, -0.15) is 0 Å². The minimum atomic E-state index is -1.83. The van der Waals surface area contributed by atoms with Crippen LogP contribution in [0.4, 0.5) is 0 Å². The van der Waals surface area contributed by atoms with Gasteiger partial charge < -0.3 is 63.5 Å². The molecule has 5 unspecified atom stereocenters. The van der Waals surface area contributed by atoms with Crippen LogP contribution in [0.25, 0.3) is 22.1 Å². The molecule has 6 N–H and O–H groups in total. The molecule has 5 rings (SSSR count). The fraction of sp³-hybridized carbons (Fsp3) is 0.290. The van der Waals surface area contributed by atoms with Gasteiger partial charge >= 0.3 is 5.97 Å². The Kier molecular flexibility index (Phi) is 9.11. The maximum atomic E-state index is 13.6. The van der Waals surface area contributed by atoms with Crippen LogP contribution >= 0.6 is 0 Å². The summed E-state index contributed by atoms with van der Waals surface area (Å²) < 4.78 is 37.8. The molecule has 1 saturated heterocycles. The molecule has 0 aliphatic carbocycles. The molecule has 46 heavy (non-hydrogen) atoms. The van der Waals surface area contributed by atoms with Crippen molar-refractivity contribution in [2.24, 2.45) is 0 Å². The van der Waals surface area contributed by atoms with Crippen LogP contribution in [0.3, 0.4) is 0 Å². The fourth-order valence-corrected chi connectivity index (χ4v) is 4.93. The predicted octanol–water partition coefficient (Wildman–Crippen LogP) is 1.65. The van der Waals surface area contributed by atoms with E-state index in [4.69, 9.17) is 32.8 Å². The first kappa shape index (κ1) is 32.2. The van der Waals surface area contributed by atoms with Gasteiger partial charge in [-0.3, -0.25) is 4.79 Å². The normalized spacial score (nSPS) is 21.0. The third kappa shape index (κ3) is 5.91. The molecule has 1 aromatic heterocycles. The highest BCUT2D eigenvalue weighted by Crippen LogP contribution is 2.44. The average molecular weight is 643 g/mol. The van der Waals surface area contributed by atoms with E-state index in [0.717, 1.165) is 6.26 Å². The Labute approximate surface area is 259 Å². The smallest absolute Gasteiger partial charge is 0.338 e. The number of phenolic OH excluding ortho intramolecular Hbond substituents is 3. The number of carbonyl (C=O) groups excluding carboxylic acids is 1. The van der Waals surface area contributed by atoms with E-state index in [1.165, 1.54) is 63.8 Å². The van der Waals surface area contributed by atoms with E-state index in [1.54, 1.807) is 0 Å². The summed E-state index contributed by atoms with van der Waals surface area (Å²) in [5.41, 5.74) is -0.647. The quantitative estimate of drug-likeness (QED) is 0.143. The van der Waals surface area contributed by atoms with Gasteiger partial charge in [0.2, 0.25) is 23.2 Å². The lowest BCUT2D eigenvalue weighted by Gasteiger charge is -2.40. The van der Waals surface area contributed by atoms with Crippen LogP contribution in [0.2, 0.25) is 0 Å². The van der Waals surface area contributed by atoms with Crippen molar-refractivity contribution in [1.82, 2.24) is 0 Å². The molecule has 1 aliphatic rings. The number of hydrogen-bond donors (Lipinski definition) is 6. The highest BCUT2D eigenvalue weighted by atomic mass is 16.7. The Morgan fingerprint density at radius 3 is 2.20 bits per heavy atom. The van der Waals surface area contributed by atoms with Gasteiger partial charge in [0, 0.05) is 6.07 Å². The van der Waals surface area contributed by atoms with E-state index in [1.807, 2.05) is 0 Å². The van der Waals surface area contributed by atoms with Crippen LogP contribution in [0.15, 0.2) is 57.9 Å². The van der Waals surface area contributed by atoms with Crippen molar-refractivity contribution in [3.63, 3.8) is 0 Å². The van der Waals surface area contributed by atoms with Crippen molar-refractivity contribution in [2.75, 3.05) is 27.9 Å². The van der Waals surface area contributed by atoms with Gasteiger partial charge in [-0.25, -0.2) is 4.79 Å². The van der Waals surface area contributed by atoms with Crippen molar-refractivity contribution in [3.05, 3.63) is 64.5 Å². The number of aliphatic hydroxyl groups excluding tert-OH is 3. The van der Waals surface area contributed by atoms with Crippen LogP contribution in [-0.4, -0.2) is 95.3 Å². The van der Waals surface area contributed by atoms with Gasteiger partial charge in [-0.15, -0.1) is 0 Å². The van der Waals surface area contributed by atoms with Crippen molar-refractivity contribution in [2.45, 2.75) is 30.7 Å². The molecule has 0 spiro atoms. The first-order chi connectivity index (χ1) is 22.0. The van der Waals surface area contributed by atoms with Gasteiger partial charge in [0.25, 0.3) is 0 Å². The van der Waals surface area contributed by atoms with E-state index in [-0.39, 0.29) is 62.2 Å². The van der Waals surface area contributed by atoms with Crippen LogP contribution in [0, 0.1) is 0 Å². The molecule has 15 nitrogen and oxygen atoms in total. The Bertz CT molecular complexity index is 1800. The largest absolute Gasteiger partial charge is 0.508 e. The molecule has 15 heteroatoms. The maximum absolute atomic E-state index is 13.6. The molecule has 4 aromatic rings. The van der Waals surface area contributed by atoms with Gasteiger partial charge in [0.05, 0.1) is 32.5 Å². The fourth-order valence-electron chi connectivity index (χ4n) is 4.93. The number of hydrogen-bond acceptors (Lipinski definition) is 15. The first-order valence-electron chi connectivity index (χ1n) is 13.6. The standard InChI is InChI=1S/C31H30O15/c1-40-19-9-14(8-17(33)28(19)41-2)16-11-43-18-10-20(29(42-3)25(36)22(18)23(16)34)45-31-27(38)26(37)24(35)21(46-31)12-44-30(39)13-4-6-15(32)7-5-13/h4-11,21,24,26-27,31-33,35-38H,12H2,1-3H3. The minimum Gasteiger partial charge on any atom is -0.508 e. The number of ether oxygens (including phenoxy) is 6. The molecule has 1 fully saturated rings. The predicted molar refractivity (Wildman–Crippen MR) is 157 cm³/mol. The van der Waals surface area contributed by atoms with Gasteiger partial charge in [-0.05, 0) is 42.0 Å². The third-order valence-corrected chi connectivity index (χ3v) is 7.33. The molecule has 0 amide bonds. The second-order valence-corrected chi connectivity index (χ2v) is 10.1. The minimum absolute atomic E-state index is 0.0465. The number of benzene rings is 3. The summed E-state index contributed by atoms with van der Waals surface area (Å²) in [5.74, 6) is -2.34. The summed E-state index contributed by atoms with van der Waals surface area (Å²) in [4.78, 5) is 26.0. The van der Waals surface area contributed by atoms with Gasteiger partial charge in [0.1, 0.15) is 54.0 Å². The van der Waals surface area contributed by atoms with Crippen molar-refractivity contribution in [3.8, 4) is 51.4 Å². The van der Waals surface area contributed by atoms with E-state index in [2.05, 4.69) is 0 Å². The Balaban J connectivity index is 1.43. The van der Waals surface area contributed by atoms with E-state index < -0.39 is 54.5 Å². The Morgan fingerprint density at radius 1 is 0.848 bits per heavy atom. The summed E-state index contributed by atoms with van der Waals surface area (Å²) in [7, 11) is 3.86. The van der Waals surface area contributed by atoms with E-state index in [9.17, 15) is 40.2 Å². The van der Waals surface area contributed by atoms with Crippen molar-refractivity contribution >= 4 is 16.9 Å². The second-order valence-electron chi connectivity index (χ2n) is 10.1. The topological polar surface area (TPSA) is 224 Å². The van der Waals surface area contributed by atoms with E-state index in [0.29, 0.717) is 0 Å². The van der Waals surface area contributed by atoms with Crippen LogP contribution in [0.1, 0.15) is 10.4 Å². The molecule has 244 valence electrons. The van der Waals surface area contributed by atoms with Crippen LogP contribution in [0.5, 0.6) is 40.2 Å². The number of carbonyl (C=O) groups is 1. The maximum Gasteiger partial charge on any atom is 0.338 e. The summed E-state index contributed by atoms with van der Waals surface area (Å²) in [6.45, 7) is -0.562. The average Bonchev–Trinajstić information content (AvgIpc) is 3.04. The molecule has 0 bridgehead atoms. The monoisotopic (exact) mass is 642 g/mol. The molecule has 5 atom stereocenters. The number of aliphatic hydroxyl groups is 3. The number of aromatic hydroxyl groups is 3. The van der Waals surface area contributed by atoms with Crippen LogP contribution < -0.4 is 24.4 Å². The zero-order chi connectivity index (χ0) is 33.3. The third-order valence-electron chi connectivity index (χ3n) is 7.33. The first-order valence-corrected chi connectivity index (χ1v) is 13.6. The summed E-state index contributed by atoms with van der Waals surface area (Å²) in [6, 6.07) is 9.06. The van der Waals surface area contributed by atoms with Crippen molar-refractivity contribution < 1.29 is 68.3 Å². The zero-order valence-corrected chi connectivity index (χ0v) is 24.6. The molecular formula is C31H30O15. The SMILES string of the molecule is COc1cc(-c2coc3cc(OC4OC(COC(=O)c5ccc(O)cc5)C(O)C(O)C4O)c(OC)c(O)c3c2=O)cc(O)c1OC. The highest BCUT2D eigenvalue weighted by molar-refractivity contribution is 5.91. The lowest BCUT2D eigenvalue weighted by Crippen LogP contribution is -2.60. The van der Waals surface area contributed by atoms with Crippen molar-refractivity contribution in [1.29, 1.82) is 0 Å². The Morgan fingerprint density at radius 2 is 1.54 bits per heavy atom. The zero-order valence-electron chi connectivity index (χ0n) is 24.6. The molecule has 0 radical (unpaired) electrons. The molecule has 0 saturated carbocycles. The lowest BCUT2D eigenvalue weighted by atomic mass is 9.99. The number of fused-ring (bicyclic) bond motifs is 1. The summed E-state index contributed by atoms with van der Waals surface area (Å²) in [6.07, 6.45) is -7.30. The van der Waals surface area contributed by atoms with E-state index >= 15 is 0 Å². The molecule has 3 aromatic carbocycles. The van der Waals surface area contributed by atoms with Crippen LogP contribution in [-0.2, 0) is 9.47 Å².